The molecule has 0 bridgehead atoms. The van der Waals surface area contributed by atoms with Gasteiger partial charge in [0.25, 0.3) is 0 Å². The van der Waals surface area contributed by atoms with Crippen LogP contribution < -0.4 is 4.74 Å². The van der Waals surface area contributed by atoms with Crippen LogP contribution in [0.4, 0.5) is 18.0 Å². The molecule has 3 atom stereocenters. The topological polar surface area (TPSA) is 60.5 Å². The Bertz CT molecular complexity index is 752. The number of carbonyl (C=O) groups excluding carboxylic acids is 1. The Morgan fingerprint density at radius 3 is 2.30 bits per heavy atom. The van der Waals surface area contributed by atoms with E-state index in [1.165, 1.54) is 12.1 Å². The predicted molar refractivity (Wildman–Crippen MR) is 117 cm³/mol. The van der Waals surface area contributed by atoms with Crippen LogP contribution in [0.2, 0.25) is 0 Å². The van der Waals surface area contributed by atoms with Crippen molar-refractivity contribution in [3.05, 3.63) is 29.8 Å². The Balaban J connectivity index is 2.17. The number of piperazine rings is 1. The van der Waals surface area contributed by atoms with Crippen molar-refractivity contribution >= 4 is 6.09 Å². The molecule has 1 saturated heterocycles. The summed E-state index contributed by atoms with van der Waals surface area (Å²) >= 11 is 0. The van der Waals surface area contributed by atoms with Crippen LogP contribution in [0.15, 0.2) is 24.3 Å². The van der Waals surface area contributed by atoms with E-state index in [2.05, 4.69) is 9.64 Å². The predicted octanol–water partition coefficient (Wildman–Crippen LogP) is 4.62. The molecule has 1 fully saturated rings. The van der Waals surface area contributed by atoms with E-state index in [0.29, 0.717) is 32.9 Å². The molecule has 0 spiro atoms. The third-order valence-electron chi connectivity index (χ3n) is 5.35. The highest BCUT2D eigenvalue weighted by atomic mass is 19.4. The van der Waals surface area contributed by atoms with Gasteiger partial charge in [0.2, 0.25) is 0 Å². The van der Waals surface area contributed by atoms with E-state index in [0.717, 1.165) is 5.56 Å². The number of methoxy groups -OCH3 is 1. The Kier molecular flexibility index (Phi) is 9.39. The minimum Gasteiger partial charge on any atom is -0.444 e. The van der Waals surface area contributed by atoms with Gasteiger partial charge < -0.3 is 23.8 Å². The van der Waals surface area contributed by atoms with Gasteiger partial charge in [-0.15, -0.1) is 13.2 Å². The summed E-state index contributed by atoms with van der Waals surface area (Å²) in [6.45, 7) is 11.6. The monoisotopic (exact) mass is 476 g/mol. The third-order valence-corrected chi connectivity index (χ3v) is 5.35. The maximum absolute atomic E-state index is 12.8. The lowest BCUT2D eigenvalue weighted by molar-refractivity contribution is -0.274. The van der Waals surface area contributed by atoms with E-state index in [1.54, 1.807) is 24.1 Å². The summed E-state index contributed by atoms with van der Waals surface area (Å²) in [4.78, 5) is 16.7. The van der Waals surface area contributed by atoms with Crippen molar-refractivity contribution < 1.29 is 36.9 Å². The van der Waals surface area contributed by atoms with E-state index < -0.39 is 12.0 Å². The fourth-order valence-corrected chi connectivity index (χ4v) is 3.76. The molecule has 0 aliphatic carbocycles. The van der Waals surface area contributed by atoms with E-state index >= 15 is 0 Å². The molecular formula is C23H35F3N2O5. The van der Waals surface area contributed by atoms with E-state index in [-0.39, 0.29) is 30.0 Å². The molecule has 0 radical (unpaired) electrons. The van der Waals surface area contributed by atoms with Gasteiger partial charge in [0.1, 0.15) is 11.4 Å². The number of benzene rings is 1. The molecule has 10 heteroatoms. The first kappa shape index (κ1) is 27.2. The second-order valence-electron chi connectivity index (χ2n) is 9.19. The summed E-state index contributed by atoms with van der Waals surface area (Å²) in [7, 11) is 1.59. The van der Waals surface area contributed by atoms with Crippen LogP contribution in [0.1, 0.15) is 46.2 Å². The van der Waals surface area contributed by atoms with Crippen LogP contribution in [0.5, 0.6) is 5.75 Å². The van der Waals surface area contributed by atoms with Crippen LogP contribution in [-0.4, -0.2) is 80.0 Å². The number of hydrogen-bond donors (Lipinski definition) is 0. The number of alkyl halides is 3. The first-order valence-corrected chi connectivity index (χ1v) is 11.0. The fourth-order valence-electron chi connectivity index (χ4n) is 3.76. The second kappa shape index (κ2) is 11.4. The summed E-state index contributed by atoms with van der Waals surface area (Å²) in [5.74, 6) is -0.263. The van der Waals surface area contributed by atoms with Crippen molar-refractivity contribution in [2.45, 2.75) is 64.7 Å². The van der Waals surface area contributed by atoms with Crippen molar-refractivity contribution in [1.82, 2.24) is 9.80 Å². The van der Waals surface area contributed by atoms with Gasteiger partial charge in [-0.1, -0.05) is 12.1 Å². The second-order valence-corrected chi connectivity index (χ2v) is 9.19. The van der Waals surface area contributed by atoms with Crippen LogP contribution in [0.3, 0.4) is 0 Å². The van der Waals surface area contributed by atoms with Gasteiger partial charge in [0.15, 0.2) is 0 Å². The van der Waals surface area contributed by atoms with Gasteiger partial charge in [-0.25, -0.2) is 4.79 Å². The average Bonchev–Trinajstić information content (AvgIpc) is 2.69. The smallest absolute Gasteiger partial charge is 0.444 e. The quantitative estimate of drug-likeness (QED) is 0.511. The van der Waals surface area contributed by atoms with Gasteiger partial charge in [-0.3, -0.25) is 4.90 Å². The summed E-state index contributed by atoms with van der Waals surface area (Å²) < 4.78 is 57.8. The lowest BCUT2D eigenvalue weighted by Gasteiger charge is -2.47. The van der Waals surface area contributed by atoms with Gasteiger partial charge in [-0.05, 0) is 52.3 Å². The molecule has 7 nitrogen and oxygen atoms in total. The number of hydrogen-bond acceptors (Lipinski definition) is 6. The van der Waals surface area contributed by atoms with Gasteiger partial charge in [0.05, 0.1) is 25.9 Å². The standard InChI is InChI=1S/C23H35F3N2O5/c1-16-13-28(17(2)18-7-9-20(10-8-18)32-23(24,25)26)19(15-31-12-11-30-6)14-27(16)21(29)33-22(3,4)5/h7-10,16-17,19H,11-15H2,1-6H3/t16-,17?,19-/m0/s1. The first-order chi connectivity index (χ1) is 15.3. The normalized spacial score (nSPS) is 21.1. The van der Waals surface area contributed by atoms with Crippen molar-refractivity contribution in [2.75, 3.05) is 40.0 Å². The highest BCUT2D eigenvalue weighted by molar-refractivity contribution is 5.68. The van der Waals surface area contributed by atoms with Crippen molar-refractivity contribution in [3.8, 4) is 5.75 Å². The van der Waals surface area contributed by atoms with E-state index in [9.17, 15) is 18.0 Å². The average molecular weight is 477 g/mol. The lowest BCUT2D eigenvalue weighted by Crippen LogP contribution is -2.61. The molecule has 0 aromatic heterocycles. The highest BCUT2D eigenvalue weighted by Crippen LogP contribution is 2.30. The molecule has 188 valence electrons. The van der Waals surface area contributed by atoms with Crippen LogP contribution >= 0.6 is 0 Å². The zero-order valence-corrected chi connectivity index (χ0v) is 20.1. The maximum Gasteiger partial charge on any atom is 0.573 e. The Labute approximate surface area is 193 Å². The van der Waals surface area contributed by atoms with E-state index in [4.69, 9.17) is 14.2 Å². The molecule has 0 N–H and O–H groups in total. The number of carbonyl (C=O) groups is 1. The summed E-state index contributed by atoms with van der Waals surface area (Å²) in [6, 6.07) is 5.49. The number of ether oxygens (including phenoxy) is 4. The van der Waals surface area contributed by atoms with Crippen molar-refractivity contribution in [1.29, 1.82) is 0 Å². The minimum atomic E-state index is -4.73. The van der Waals surface area contributed by atoms with Crippen molar-refractivity contribution in [3.63, 3.8) is 0 Å². The minimum absolute atomic E-state index is 0.120. The Morgan fingerprint density at radius 2 is 1.76 bits per heavy atom. The molecule has 1 aliphatic rings. The fraction of sp³-hybridized carbons (Fsp3) is 0.696. The van der Waals surface area contributed by atoms with E-state index in [1.807, 2.05) is 34.6 Å². The highest BCUT2D eigenvalue weighted by Gasteiger charge is 2.38. The number of halogens is 3. The molecule has 1 unspecified atom stereocenters. The zero-order valence-electron chi connectivity index (χ0n) is 20.1. The zero-order chi connectivity index (χ0) is 24.8. The van der Waals surface area contributed by atoms with Crippen molar-refractivity contribution in [2.24, 2.45) is 0 Å². The van der Waals surface area contributed by atoms with Crippen LogP contribution in [-0.2, 0) is 14.2 Å². The molecule has 0 saturated carbocycles. The molecule has 1 amide bonds. The van der Waals surface area contributed by atoms with Crippen LogP contribution in [0, 0.1) is 0 Å². The third kappa shape index (κ3) is 8.68. The number of nitrogens with zero attached hydrogens (tertiary/aromatic N) is 2. The molecular weight excluding hydrogens is 441 g/mol. The molecule has 1 aliphatic heterocycles. The largest absolute Gasteiger partial charge is 0.573 e. The molecule has 2 rings (SSSR count). The molecule has 33 heavy (non-hydrogen) atoms. The Hall–Kier alpha value is -2.04. The molecule has 1 heterocycles. The Morgan fingerprint density at radius 1 is 1.12 bits per heavy atom. The number of rotatable bonds is 8. The van der Waals surface area contributed by atoms with Gasteiger partial charge in [-0.2, -0.15) is 0 Å². The summed E-state index contributed by atoms with van der Waals surface area (Å²) in [6.07, 6.45) is -5.11. The van der Waals surface area contributed by atoms with Gasteiger partial charge >= 0.3 is 12.5 Å². The lowest BCUT2D eigenvalue weighted by atomic mass is 10.0. The number of amides is 1. The SMILES string of the molecule is COCCOC[C@@H]1CN(C(=O)OC(C)(C)C)[C@@H](C)CN1C(C)c1ccc(OC(F)(F)F)cc1. The summed E-state index contributed by atoms with van der Waals surface area (Å²) in [5.41, 5.74) is 0.232. The molecule has 1 aromatic rings. The van der Waals surface area contributed by atoms with Crippen LogP contribution in [0.25, 0.3) is 0 Å². The first-order valence-electron chi connectivity index (χ1n) is 11.0. The summed E-state index contributed by atoms with van der Waals surface area (Å²) in [5, 5.41) is 0. The maximum atomic E-state index is 12.8. The van der Waals surface area contributed by atoms with Gasteiger partial charge in [0, 0.05) is 32.3 Å². The molecule has 1 aromatic carbocycles.